The molecule has 2 nitrogen and oxygen atoms in total. The summed E-state index contributed by atoms with van der Waals surface area (Å²) in [6.07, 6.45) is 2.51. The molecule has 2 aromatic carbocycles. The van der Waals surface area contributed by atoms with Crippen molar-refractivity contribution in [3.8, 4) is 0 Å². The topological polar surface area (TPSA) is 29.3 Å². The lowest BCUT2D eigenvalue weighted by Gasteiger charge is -2.32. The highest BCUT2D eigenvalue weighted by atomic mass is 15.1. The molecule has 0 unspecified atom stereocenters. The van der Waals surface area contributed by atoms with Crippen molar-refractivity contribution in [2.75, 3.05) is 18.8 Å². The van der Waals surface area contributed by atoms with Crippen molar-refractivity contribution in [1.82, 2.24) is 4.90 Å². The Bertz CT molecular complexity index is 581. The zero-order valence-electron chi connectivity index (χ0n) is 12.8. The van der Waals surface area contributed by atoms with Gasteiger partial charge in [-0.05, 0) is 62.0 Å². The van der Waals surface area contributed by atoms with Crippen LogP contribution >= 0.6 is 0 Å². The number of nitrogen functional groups attached to an aromatic ring is 1. The first-order valence-corrected chi connectivity index (χ1v) is 7.84. The van der Waals surface area contributed by atoms with E-state index < -0.39 is 0 Å². The van der Waals surface area contributed by atoms with Crippen molar-refractivity contribution in [1.29, 1.82) is 0 Å². The Morgan fingerprint density at radius 2 is 1.76 bits per heavy atom. The Morgan fingerprint density at radius 3 is 2.43 bits per heavy atom. The molecule has 110 valence electrons. The van der Waals surface area contributed by atoms with E-state index in [4.69, 9.17) is 5.73 Å². The molecular formula is C19H24N2. The fourth-order valence-electron chi connectivity index (χ4n) is 3.21. The van der Waals surface area contributed by atoms with Crippen molar-refractivity contribution in [3.63, 3.8) is 0 Å². The molecule has 1 heterocycles. The van der Waals surface area contributed by atoms with Crippen molar-refractivity contribution >= 4 is 5.69 Å². The van der Waals surface area contributed by atoms with Gasteiger partial charge >= 0.3 is 0 Å². The van der Waals surface area contributed by atoms with Crippen molar-refractivity contribution in [3.05, 3.63) is 65.2 Å². The van der Waals surface area contributed by atoms with E-state index in [0.29, 0.717) is 0 Å². The third-order valence-electron chi connectivity index (χ3n) is 4.49. The molecule has 1 aliphatic heterocycles. The number of likely N-dealkylation sites (tertiary alicyclic amines) is 1. The van der Waals surface area contributed by atoms with Gasteiger partial charge in [0.15, 0.2) is 0 Å². The summed E-state index contributed by atoms with van der Waals surface area (Å²) in [5.74, 6) is 0.725. The number of hydrogen-bond donors (Lipinski definition) is 1. The molecule has 0 atom stereocenters. The monoisotopic (exact) mass is 280 g/mol. The van der Waals surface area contributed by atoms with Gasteiger partial charge in [0, 0.05) is 12.2 Å². The second kappa shape index (κ2) is 6.31. The Balaban J connectivity index is 1.56. The van der Waals surface area contributed by atoms with Gasteiger partial charge in [-0.1, -0.05) is 42.0 Å². The summed E-state index contributed by atoms with van der Waals surface area (Å²) in [5, 5.41) is 0. The quantitative estimate of drug-likeness (QED) is 0.862. The van der Waals surface area contributed by atoms with Gasteiger partial charge in [-0.15, -0.1) is 0 Å². The first kappa shape index (κ1) is 14.2. The average molecular weight is 280 g/mol. The molecular weight excluding hydrogens is 256 g/mol. The van der Waals surface area contributed by atoms with Crippen LogP contribution in [0.25, 0.3) is 0 Å². The minimum atomic E-state index is 0.725. The van der Waals surface area contributed by atoms with Crippen LogP contribution in [0.1, 0.15) is 35.4 Å². The Labute approximate surface area is 127 Å². The second-order valence-corrected chi connectivity index (χ2v) is 6.21. The van der Waals surface area contributed by atoms with E-state index in [1.807, 2.05) is 12.1 Å². The van der Waals surface area contributed by atoms with Crippen molar-refractivity contribution in [2.45, 2.75) is 32.2 Å². The van der Waals surface area contributed by atoms with E-state index in [0.717, 1.165) is 18.2 Å². The molecule has 1 aliphatic rings. The summed E-state index contributed by atoms with van der Waals surface area (Å²) in [5.41, 5.74) is 10.9. The highest BCUT2D eigenvalue weighted by Gasteiger charge is 2.20. The number of anilines is 1. The lowest BCUT2D eigenvalue weighted by molar-refractivity contribution is 0.204. The summed E-state index contributed by atoms with van der Waals surface area (Å²) in [6.45, 7) is 5.52. The largest absolute Gasteiger partial charge is 0.399 e. The van der Waals surface area contributed by atoms with Crippen LogP contribution in [-0.2, 0) is 6.54 Å². The molecule has 1 fully saturated rings. The van der Waals surface area contributed by atoms with Gasteiger partial charge in [-0.3, -0.25) is 4.90 Å². The molecule has 0 aromatic heterocycles. The number of benzene rings is 2. The third kappa shape index (κ3) is 3.64. The molecule has 21 heavy (non-hydrogen) atoms. The van der Waals surface area contributed by atoms with Gasteiger partial charge in [0.25, 0.3) is 0 Å². The lowest BCUT2D eigenvalue weighted by atomic mass is 9.89. The summed E-state index contributed by atoms with van der Waals surface area (Å²) >= 11 is 0. The highest BCUT2D eigenvalue weighted by Crippen LogP contribution is 2.28. The molecule has 0 aliphatic carbocycles. The summed E-state index contributed by atoms with van der Waals surface area (Å²) in [6, 6.07) is 17.3. The number of nitrogens with two attached hydrogens (primary N) is 1. The number of aryl methyl sites for hydroxylation is 1. The zero-order valence-corrected chi connectivity index (χ0v) is 12.8. The van der Waals surface area contributed by atoms with Crippen LogP contribution in [0.5, 0.6) is 0 Å². The maximum absolute atomic E-state index is 5.86. The molecule has 0 saturated carbocycles. The van der Waals surface area contributed by atoms with Crippen LogP contribution in [0.4, 0.5) is 5.69 Å². The number of piperidine rings is 1. The number of hydrogen-bond acceptors (Lipinski definition) is 2. The van der Waals surface area contributed by atoms with Crippen LogP contribution in [-0.4, -0.2) is 18.0 Å². The highest BCUT2D eigenvalue weighted by molar-refractivity contribution is 5.40. The summed E-state index contributed by atoms with van der Waals surface area (Å²) < 4.78 is 0. The summed E-state index contributed by atoms with van der Waals surface area (Å²) in [7, 11) is 0. The first-order valence-electron chi connectivity index (χ1n) is 7.84. The Hall–Kier alpha value is -1.80. The first-order chi connectivity index (χ1) is 10.2. The van der Waals surface area contributed by atoms with Crippen molar-refractivity contribution in [2.24, 2.45) is 0 Å². The number of nitrogens with zero attached hydrogens (tertiary/aromatic N) is 1. The van der Waals surface area contributed by atoms with Gasteiger partial charge in [-0.2, -0.15) is 0 Å². The van der Waals surface area contributed by atoms with E-state index in [1.165, 1.54) is 42.6 Å². The van der Waals surface area contributed by atoms with E-state index in [1.54, 1.807) is 0 Å². The molecule has 0 radical (unpaired) electrons. The van der Waals surface area contributed by atoms with E-state index >= 15 is 0 Å². The molecule has 0 amide bonds. The van der Waals surface area contributed by atoms with Gasteiger partial charge in [0.1, 0.15) is 0 Å². The minimum absolute atomic E-state index is 0.725. The average Bonchev–Trinajstić information content (AvgIpc) is 2.49. The standard InChI is InChI=1S/C19H24N2/c1-15-5-7-17(8-6-15)18-9-11-21(12-10-18)14-16-3-2-4-19(20)13-16/h2-8,13,18H,9-12,14,20H2,1H3. The summed E-state index contributed by atoms with van der Waals surface area (Å²) in [4.78, 5) is 2.54. The van der Waals surface area contributed by atoms with Crippen LogP contribution in [0.2, 0.25) is 0 Å². The zero-order chi connectivity index (χ0) is 14.7. The van der Waals surface area contributed by atoms with E-state index in [9.17, 15) is 0 Å². The number of rotatable bonds is 3. The van der Waals surface area contributed by atoms with Crippen LogP contribution < -0.4 is 5.73 Å². The third-order valence-corrected chi connectivity index (χ3v) is 4.49. The molecule has 3 rings (SSSR count). The fraction of sp³-hybridized carbons (Fsp3) is 0.368. The van der Waals surface area contributed by atoms with E-state index in [2.05, 4.69) is 48.2 Å². The van der Waals surface area contributed by atoms with Gasteiger partial charge in [0.2, 0.25) is 0 Å². The van der Waals surface area contributed by atoms with Crippen LogP contribution in [0, 0.1) is 6.92 Å². The van der Waals surface area contributed by atoms with Gasteiger partial charge in [-0.25, -0.2) is 0 Å². The molecule has 0 bridgehead atoms. The second-order valence-electron chi connectivity index (χ2n) is 6.21. The molecule has 2 N–H and O–H groups in total. The SMILES string of the molecule is Cc1ccc(C2CCN(Cc3cccc(N)c3)CC2)cc1. The van der Waals surface area contributed by atoms with Crippen LogP contribution in [0.3, 0.4) is 0 Å². The Kier molecular flexibility index (Phi) is 4.26. The molecule has 2 heteroatoms. The predicted molar refractivity (Wildman–Crippen MR) is 89.3 cm³/mol. The van der Waals surface area contributed by atoms with Gasteiger partial charge < -0.3 is 5.73 Å². The van der Waals surface area contributed by atoms with Crippen molar-refractivity contribution < 1.29 is 0 Å². The maximum Gasteiger partial charge on any atom is 0.0317 e. The van der Waals surface area contributed by atoms with Gasteiger partial charge in [0.05, 0.1) is 0 Å². The maximum atomic E-state index is 5.86. The predicted octanol–water partition coefficient (Wildman–Crippen LogP) is 3.96. The fourth-order valence-corrected chi connectivity index (χ4v) is 3.21. The Morgan fingerprint density at radius 1 is 1.05 bits per heavy atom. The van der Waals surface area contributed by atoms with Crippen LogP contribution in [0.15, 0.2) is 48.5 Å². The smallest absolute Gasteiger partial charge is 0.0317 e. The molecule has 0 spiro atoms. The normalized spacial score (nSPS) is 17.0. The van der Waals surface area contributed by atoms with E-state index in [-0.39, 0.29) is 0 Å². The minimum Gasteiger partial charge on any atom is -0.399 e. The molecule has 2 aromatic rings. The molecule has 1 saturated heterocycles. The lowest BCUT2D eigenvalue weighted by Crippen LogP contribution is -2.32.